The predicted octanol–water partition coefficient (Wildman–Crippen LogP) is 4.57. The molecule has 4 rings (SSSR count). The van der Waals surface area contributed by atoms with Gasteiger partial charge in [-0.05, 0) is 24.3 Å². The molecule has 0 amide bonds. The summed E-state index contributed by atoms with van der Waals surface area (Å²) in [5.41, 5.74) is 1.91. The zero-order valence-electron chi connectivity index (χ0n) is 13.8. The summed E-state index contributed by atoms with van der Waals surface area (Å²) in [5.74, 6) is 2.38. The molecule has 130 valence electrons. The maximum absolute atomic E-state index is 6.04. The first-order valence-corrected chi connectivity index (χ1v) is 9.25. The van der Waals surface area contributed by atoms with Crippen LogP contribution in [-0.2, 0) is 5.75 Å². The monoisotopic (exact) mass is 383 g/mol. The lowest BCUT2D eigenvalue weighted by atomic mass is 10.2. The summed E-state index contributed by atoms with van der Waals surface area (Å²) in [4.78, 5) is 0. The highest BCUT2D eigenvalue weighted by Crippen LogP contribution is 2.29. The molecular formula is C18H14ClN5OS. The highest BCUT2D eigenvalue weighted by molar-refractivity contribution is 7.98. The quantitative estimate of drug-likeness (QED) is 0.470. The van der Waals surface area contributed by atoms with Crippen molar-refractivity contribution in [1.29, 1.82) is 0 Å². The lowest BCUT2D eigenvalue weighted by Crippen LogP contribution is -1.99. The molecule has 0 aliphatic rings. The van der Waals surface area contributed by atoms with Crippen molar-refractivity contribution in [2.24, 2.45) is 0 Å². The van der Waals surface area contributed by atoms with Gasteiger partial charge in [-0.3, -0.25) is 4.57 Å². The molecule has 0 unspecified atom stereocenters. The summed E-state index contributed by atoms with van der Waals surface area (Å²) in [5, 5.41) is 18.1. The number of benzene rings is 2. The van der Waals surface area contributed by atoms with Crippen molar-refractivity contribution in [2.45, 2.75) is 17.8 Å². The van der Waals surface area contributed by atoms with Gasteiger partial charge in [0.1, 0.15) is 0 Å². The molecule has 0 bridgehead atoms. The predicted molar refractivity (Wildman–Crippen MR) is 100 cm³/mol. The molecule has 2 aromatic heterocycles. The van der Waals surface area contributed by atoms with Gasteiger partial charge >= 0.3 is 0 Å². The van der Waals surface area contributed by atoms with Crippen LogP contribution in [-0.4, -0.2) is 25.0 Å². The zero-order valence-corrected chi connectivity index (χ0v) is 15.4. The smallest absolute Gasteiger partial charge is 0.226 e. The van der Waals surface area contributed by atoms with Crippen molar-refractivity contribution in [3.63, 3.8) is 0 Å². The first kappa shape index (κ1) is 16.8. The van der Waals surface area contributed by atoms with E-state index in [0.29, 0.717) is 22.6 Å². The molecule has 0 saturated heterocycles. The van der Waals surface area contributed by atoms with E-state index in [1.165, 1.54) is 11.8 Å². The first-order valence-electron chi connectivity index (χ1n) is 7.89. The van der Waals surface area contributed by atoms with Crippen LogP contribution in [0.4, 0.5) is 0 Å². The molecule has 26 heavy (non-hydrogen) atoms. The molecule has 0 radical (unpaired) electrons. The number of halogens is 1. The van der Waals surface area contributed by atoms with Gasteiger partial charge in [0.05, 0.1) is 5.75 Å². The van der Waals surface area contributed by atoms with E-state index in [1.54, 1.807) is 6.92 Å². The average molecular weight is 384 g/mol. The number of rotatable bonds is 5. The molecule has 2 heterocycles. The normalized spacial score (nSPS) is 11.0. The van der Waals surface area contributed by atoms with Gasteiger partial charge in [-0.25, -0.2) is 0 Å². The van der Waals surface area contributed by atoms with Crippen LogP contribution in [0.5, 0.6) is 0 Å². The number of hydrogen-bond acceptors (Lipinski definition) is 6. The molecule has 0 atom stereocenters. The Hall–Kier alpha value is -2.64. The first-order chi connectivity index (χ1) is 12.7. The van der Waals surface area contributed by atoms with E-state index in [2.05, 4.69) is 20.4 Å². The Kier molecular flexibility index (Phi) is 4.73. The maximum atomic E-state index is 6.04. The number of nitrogens with zero attached hydrogens (tertiary/aromatic N) is 5. The van der Waals surface area contributed by atoms with Crippen LogP contribution >= 0.6 is 23.4 Å². The summed E-state index contributed by atoms with van der Waals surface area (Å²) in [6, 6.07) is 17.5. The van der Waals surface area contributed by atoms with Crippen molar-refractivity contribution in [3.8, 4) is 17.1 Å². The minimum Gasteiger partial charge on any atom is -0.425 e. The van der Waals surface area contributed by atoms with Gasteiger partial charge in [0.25, 0.3) is 0 Å². The second kappa shape index (κ2) is 7.31. The fourth-order valence-corrected chi connectivity index (χ4v) is 3.40. The third kappa shape index (κ3) is 3.49. The summed E-state index contributed by atoms with van der Waals surface area (Å²) in [6.07, 6.45) is 0. The van der Waals surface area contributed by atoms with E-state index in [4.69, 9.17) is 16.0 Å². The van der Waals surface area contributed by atoms with E-state index in [-0.39, 0.29) is 0 Å². The molecule has 0 saturated carbocycles. The van der Waals surface area contributed by atoms with Crippen LogP contribution in [0.15, 0.2) is 64.2 Å². The van der Waals surface area contributed by atoms with Gasteiger partial charge in [-0.1, -0.05) is 53.7 Å². The molecule has 6 nitrogen and oxygen atoms in total. The fraction of sp³-hybridized carbons (Fsp3) is 0.111. The van der Waals surface area contributed by atoms with Gasteiger partial charge in [-0.15, -0.1) is 20.4 Å². The lowest BCUT2D eigenvalue weighted by molar-refractivity contribution is 0.485. The summed E-state index contributed by atoms with van der Waals surface area (Å²) < 4.78 is 7.44. The molecule has 4 aromatic rings. The molecule has 0 fully saturated rings. The average Bonchev–Trinajstić information content (AvgIpc) is 3.27. The third-order valence-electron chi connectivity index (χ3n) is 3.64. The topological polar surface area (TPSA) is 69.6 Å². The molecule has 8 heteroatoms. The van der Waals surface area contributed by atoms with Crippen molar-refractivity contribution >= 4 is 23.4 Å². The van der Waals surface area contributed by atoms with Gasteiger partial charge in [-0.2, -0.15) is 0 Å². The largest absolute Gasteiger partial charge is 0.425 e. The van der Waals surface area contributed by atoms with Crippen LogP contribution < -0.4 is 0 Å². The van der Waals surface area contributed by atoms with E-state index in [1.807, 2.05) is 59.2 Å². The standard InChI is InChI=1S/C18H14ClN5OS/c1-12-20-21-16(25-12)11-26-18-23-22-17(13-5-3-2-4-6-13)24(18)15-9-7-14(19)8-10-15/h2-10H,11H2,1H3. The Morgan fingerprint density at radius 1 is 0.962 bits per heavy atom. The molecular weight excluding hydrogens is 370 g/mol. The summed E-state index contributed by atoms with van der Waals surface area (Å²) in [6.45, 7) is 1.77. The highest BCUT2D eigenvalue weighted by Gasteiger charge is 2.17. The van der Waals surface area contributed by atoms with Crippen molar-refractivity contribution < 1.29 is 4.42 Å². The number of hydrogen-bond donors (Lipinski definition) is 0. The highest BCUT2D eigenvalue weighted by atomic mass is 35.5. The van der Waals surface area contributed by atoms with Crippen LogP contribution in [0.3, 0.4) is 0 Å². The Balaban J connectivity index is 1.73. The molecule has 0 spiro atoms. The molecule has 2 aromatic carbocycles. The fourth-order valence-electron chi connectivity index (χ4n) is 2.48. The third-order valence-corrected chi connectivity index (χ3v) is 4.81. The lowest BCUT2D eigenvalue weighted by Gasteiger charge is -2.10. The second-order valence-electron chi connectivity index (χ2n) is 5.49. The van der Waals surface area contributed by atoms with Crippen molar-refractivity contribution in [3.05, 3.63) is 71.4 Å². The zero-order chi connectivity index (χ0) is 17.9. The Bertz CT molecular complexity index is 1010. The Labute approximate surface area is 159 Å². The van der Waals surface area contributed by atoms with E-state index < -0.39 is 0 Å². The van der Waals surface area contributed by atoms with E-state index in [9.17, 15) is 0 Å². The summed E-state index contributed by atoms with van der Waals surface area (Å²) >= 11 is 7.53. The molecule has 0 aliphatic heterocycles. The minimum absolute atomic E-state index is 0.515. The molecule has 0 aliphatic carbocycles. The van der Waals surface area contributed by atoms with Gasteiger partial charge in [0.15, 0.2) is 11.0 Å². The van der Waals surface area contributed by atoms with Crippen molar-refractivity contribution in [2.75, 3.05) is 0 Å². The van der Waals surface area contributed by atoms with Crippen LogP contribution in [0, 0.1) is 6.92 Å². The van der Waals surface area contributed by atoms with Crippen LogP contribution in [0.25, 0.3) is 17.1 Å². The van der Waals surface area contributed by atoms with Gasteiger partial charge in [0, 0.05) is 23.2 Å². The maximum Gasteiger partial charge on any atom is 0.226 e. The number of thioether (sulfide) groups is 1. The number of aromatic nitrogens is 5. The number of aryl methyl sites for hydroxylation is 1. The Morgan fingerprint density at radius 2 is 1.73 bits per heavy atom. The van der Waals surface area contributed by atoms with E-state index >= 15 is 0 Å². The second-order valence-corrected chi connectivity index (χ2v) is 6.87. The Morgan fingerprint density at radius 3 is 2.42 bits per heavy atom. The van der Waals surface area contributed by atoms with E-state index in [0.717, 1.165) is 22.2 Å². The van der Waals surface area contributed by atoms with Crippen molar-refractivity contribution in [1.82, 2.24) is 25.0 Å². The van der Waals surface area contributed by atoms with Gasteiger partial charge < -0.3 is 4.42 Å². The minimum atomic E-state index is 0.515. The summed E-state index contributed by atoms with van der Waals surface area (Å²) in [7, 11) is 0. The SMILES string of the molecule is Cc1nnc(CSc2nnc(-c3ccccc3)n2-c2ccc(Cl)cc2)o1. The molecule has 0 N–H and O–H groups in total. The van der Waals surface area contributed by atoms with Crippen LogP contribution in [0.2, 0.25) is 5.02 Å². The van der Waals surface area contributed by atoms with Gasteiger partial charge in [0.2, 0.25) is 11.8 Å². The van der Waals surface area contributed by atoms with Crippen LogP contribution in [0.1, 0.15) is 11.8 Å².